The second kappa shape index (κ2) is 11.1. The van der Waals surface area contributed by atoms with Gasteiger partial charge in [0, 0.05) is 36.9 Å². The Hall–Kier alpha value is -5.05. The number of benzene rings is 2. The standard InChI is InChI=1S/C28H25N7O2/c36-27(33-26(21-5-2-1-3-6-21)12-15-34-16-14-30-20-34)22-8-10-25(11-9-22)35-19-24(18-31-35)32-28(37)23-7-4-13-29-17-23/h1-11,13-14,16-20,26H,12,15H2,(H,32,37)(H,33,36)/t26-/m0/s1. The summed E-state index contributed by atoms with van der Waals surface area (Å²) in [6.45, 7) is 0.734. The van der Waals surface area contributed by atoms with Gasteiger partial charge < -0.3 is 15.2 Å². The monoisotopic (exact) mass is 491 g/mol. The van der Waals surface area contributed by atoms with E-state index in [2.05, 4.69) is 25.7 Å². The molecule has 0 unspecified atom stereocenters. The summed E-state index contributed by atoms with van der Waals surface area (Å²) >= 11 is 0. The molecule has 5 aromatic rings. The van der Waals surface area contributed by atoms with Crippen molar-refractivity contribution in [2.45, 2.75) is 19.0 Å². The van der Waals surface area contributed by atoms with Crippen molar-refractivity contribution >= 4 is 17.5 Å². The van der Waals surface area contributed by atoms with Crippen molar-refractivity contribution in [1.82, 2.24) is 29.6 Å². The highest BCUT2D eigenvalue weighted by Crippen LogP contribution is 2.19. The number of aryl methyl sites for hydroxylation is 1. The van der Waals surface area contributed by atoms with E-state index in [1.165, 1.54) is 6.20 Å². The average Bonchev–Trinajstić information content (AvgIpc) is 3.64. The molecular weight excluding hydrogens is 466 g/mol. The Balaban J connectivity index is 1.24. The van der Waals surface area contributed by atoms with Gasteiger partial charge in [0.1, 0.15) is 0 Å². The predicted molar refractivity (Wildman–Crippen MR) is 139 cm³/mol. The molecule has 0 spiro atoms. The molecule has 0 saturated heterocycles. The van der Waals surface area contributed by atoms with E-state index in [0.717, 1.165) is 24.2 Å². The van der Waals surface area contributed by atoms with Crippen LogP contribution in [0.5, 0.6) is 0 Å². The molecule has 2 aromatic carbocycles. The summed E-state index contributed by atoms with van der Waals surface area (Å²) < 4.78 is 3.63. The number of hydrogen-bond acceptors (Lipinski definition) is 5. The van der Waals surface area contributed by atoms with Crippen LogP contribution in [0.2, 0.25) is 0 Å². The second-order valence-corrected chi connectivity index (χ2v) is 8.44. The molecule has 0 aliphatic rings. The van der Waals surface area contributed by atoms with Crippen molar-refractivity contribution < 1.29 is 9.59 Å². The highest BCUT2D eigenvalue weighted by molar-refractivity contribution is 6.03. The first kappa shape index (κ1) is 23.7. The third-order valence-corrected chi connectivity index (χ3v) is 5.90. The first-order chi connectivity index (χ1) is 18.2. The van der Waals surface area contributed by atoms with Crippen LogP contribution in [-0.2, 0) is 6.54 Å². The number of imidazole rings is 1. The van der Waals surface area contributed by atoms with Gasteiger partial charge in [0.2, 0.25) is 0 Å². The summed E-state index contributed by atoms with van der Waals surface area (Å²) in [4.78, 5) is 33.5. The molecule has 9 nitrogen and oxygen atoms in total. The first-order valence-electron chi connectivity index (χ1n) is 11.8. The topological polar surface area (TPSA) is 107 Å². The van der Waals surface area contributed by atoms with Gasteiger partial charge in [-0.25, -0.2) is 9.67 Å². The highest BCUT2D eigenvalue weighted by Gasteiger charge is 2.16. The summed E-state index contributed by atoms with van der Waals surface area (Å²) in [6, 6.07) is 20.3. The second-order valence-electron chi connectivity index (χ2n) is 8.44. The van der Waals surface area contributed by atoms with Crippen LogP contribution >= 0.6 is 0 Å². The van der Waals surface area contributed by atoms with Crippen molar-refractivity contribution in [2.24, 2.45) is 0 Å². The van der Waals surface area contributed by atoms with Crippen molar-refractivity contribution in [3.05, 3.63) is 127 Å². The van der Waals surface area contributed by atoms with Gasteiger partial charge in [0.25, 0.3) is 11.8 Å². The molecule has 37 heavy (non-hydrogen) atoms. The van der Waals surface area contributed by atoms with E-state index < -0.39 is 0 Å². The van der Waals surface area contributed by atoms with Crippen molar-refractivity contribution in [2.75, 3.05) is 5.32 Å². The molecule has 0 bridgehead atoms. The lowest BCUT2D eigenvalue weighted by Crippen LogP contribution is -2.29. The van der Waals surface area contributed by atoms with Gasteiger partial charge in [-0.1, -0.05) is 30.3 Å². The summed E-state index contributed by atoms with van der Waals surface area (Å²) in [7, 11) is 0. The Labute approximate surface area is 213 Å². The smallest absolute Gasteiger partial charge is 0.257 e. The fraction of sp³-hybridized carbons (Fsp3) is 0.107. The molecule has 1 atom stereocenters. The van der Waals surface area contributed by atoms with Gasteiger partial charge in [-0.2, -0.15) is 5.10 Å². The zero-order valence-corrected chi connectivity index (χ0v) is 19.9. The number of pyridine rings is 1. The molecular formula is C28H25N7O2. The zero-order chi connectivity index (χ0) is 25.5. The third-order valence-electron chi connectivity index (χ3n) is 5.90. The quantitative estimate of drug-likeness (QED) is 0.320. The van der Waals surface area contributed by atoms with Gasteiger partial charge in [-0.15, -0.1) is 0 Å². The van der Waals surface area contributed by atoms with E-state index in [1.54, 1.807) is 60.1 Å². The van der Waals surface area contributed by atoms with Crippen LogP contribution in [0.3, 0.4) is 0 Å². The maximum Gasteiger partial charge on any atom is 0.257 e. The minimum Gasteiger partial charge on any atom is -0.345 e. The van der Waals surface area contributed by atoms with Gasteiger partial charge in [-0.3, -0.25) is 14.6 Å². The number of nitrogens with zero attached hydrogens (tertiary/aromatic N) is 5. The number of rotatable bonds is 9. The fourth-order valence-electron chi connectivity index (χ4n) is 3.94. The molecule has 3 heterocycles. The molecule has 0 radical (unpaired) electrons. The number of carbonyl (C=O) groups excluding carboxylic acids is 2. The minimum absolute atomic E-state index is 0.145. The van der Waals surface area contributed by atoms with Gasteiger partial charge >= 0.3 is 0 Å². The summed E-state index contributed by atoms with van der Waals surface area (Å²) in [5.74, 6) is -0.420. The number of anilines is 1. The van der Waals surface area contributed by atoms with Crippen LogP contribution in [-0.4, -0.2) is 36.1 Å². The summed E-state index contributed by atoms with van der Waals surface area (Å²) in [5.41, 5.74) is 3.37. The normalized spacial score (nSPS) is 11.6. The lowest BCUT2D eigenvalue weighted by atomic mass is 10.0. The molecule has 184 valence electrons. The number of aromatic nitrogens is 5. The van der Waals surface area contributed by atoms with Crippen LogP contribution in [0.15, 0.2) is 110 Å². The van der Waals surface area contributed by atoms with Crippen LogP contribution in [0.25, 0.3) is 5.69 Å². The molecule has 3 aromatic heterocycles. The van der Waals surface area contributed by atoms with E-state index in [9.17, 15) is 9.59 Å². The largest absolute Gasteiger partial charge is 0.345 e. The molecule has 0 saturated carbocycles. The maximum atomic E-state index is 13.1. The van der Waals surface area contributed by atoms with E-state index >= 15 is 0 Å². The van der Waals surface area contributed by atoms with Gasteiger partial charge in [0.05, 0.1) is 41.7 Å². The highest BCUT2D eigenvalue weighted by atomic mass is 16.2. The van der Waals surface area contributed by atoms with E-state index in [1.807, 2.05) is 53.2 Å². The number of nitrogens with one attached hydrogen (secondary N) is 2. The number of hydrogen-bond donors (Lipinski definition) is 2. The summed E-state index contributed by atoms with van der Waals surface area (Å²) in [6.07, 6.45) is 12.6. The number of amides is 2. The Bertz CT molecular complexity index is 1450. The van der Waals surface area contributed by atoms with Crippen LogP contribution < -0.4 is 10.6 Å². The molecule has 5 rings (SSSR count). The first-order valence-corrected chi connectivity index (χ1v) is 11.8. The minimum atomic E-state index is -0.263. The maximum absolute atomic E-state index is 13.1. The lowest BCUT2D eigenvalue weighted by molar-refractivity contribution is 0.0933. The fourth-order valence-corrected chi connectivity index (χ4v) is 3.94. The predicted octanol–water partition coefficient (Wildman–Crippen LogP) is 4.28. The third kappa shape index (κ3) is 5.96. The van der Waals surface area contributed by atoms with E-state index in [0.29, 0.717) is 16.8 Å². The van der Waals surface area contributed by atoms with E-state index in [-0.39, 0.29) is 17.9 Å². The Morgan fingerprint density at radius 3 is 2.41 bits per heavy atom. The molecule has 0 aliphatic carbocycles. The van der Waals surface area contributed by atoms with Crippen LogP contribution in [0.1, 0.15) is 38.7 Å². The van der Waals surface area contributed by atoms with Crippen molar-refractivity contribution in [1.29, 1.82) is 0 Å². The average molecular weight is 492 g/mol. The Morgan fingerprint density at radius 1 is 0.838 bits per heavy atom. The zero-order valence-electron chi connectivity index (χ0n) is 19.9. The molecule has 0 fully saturated rings. The van der Waals surface area contributed by atoms with Crippen LogP contribution in [0.4, 0.5) is 5.69 Å². The van der Waals surface area contributed by atoms with E-state index in [4.69, 9.17) is 0 Å². The van der Waals surface area contributed by atoms with Crippen LogP contribution in [0, 0.1) is 0 Å². The van der Waals surface area contributed by atoms with Crippen molar-refractivity contribution in [3.8, 4) is 5.69 Å². The van der Waals surface area contributed by atoms with Gasteiger partial charge in [-0.05, 0) is 48.4 Å². The van der Waals surface area contributed by atoms with Gasteiger partial charge in [0.15, 0.2) is 0 Å². The Morgan fingerprint density at radius 2 is 1.68 bits per heavy atom. The van der Waals surface area contributed by atoms with Crippen molar-refractivity contribution in [3.63, 3.8) is 0 Å². The molecule has 9 heteroatoms. The SMILES string of the molecule is O=C(Nc1cnn(-c2ccc(C(=O)N[C@@H](CCn3ccnc3)c3ccccc3)cc2)c1)c1cccnc1. The number of carbonyl (C=O) groups is 2. The molecule has 2 N–H and O–H groups in total. The lowest BCUT2D eigenvalue weighted by Gasteiger charge is -2.20. The molecule has 2 amide bonds. The Kier molecular flexibility index (Phi) is 7.12. The summed E-state index contributed by atoms with van der Waals surface area (Å²) in [5, 5.41) is 10.3. The molecule has 0 aliphatic heterocycles.